The summed E-state index contributed by atoms with van der Waals surface area (Å²) in [6, 6.07) is 16.0. The third-order valence-corrected chi connectivity index (χ3v) is 3.84. The van der Waals surface area contributed by atoms with Gasteiger partial charge in [-0.25, -0.2) is 0 Å². The summed E-state index contributed by atoms with van der Waals surface area (Å²) in [5.41, 5.74) is 2.15. The van der Waals surface area contributed by atoms with Crippen LogP contribution in [0.3, 0.4) is 0 Å². The van der Waals surface area contributed by atoms with E-state index in [0.717, 1.165) is 23.5 Å². The van der Waals surface area contributed by atoms with Crippen LogP contribution in [0.2, 0.25) is 0 Å². The molecule has 27 heavy (non-hydrogen) atoms. The fraction of sp³-hybridized carbons (Fsp3) is 0.478. The van der Waals surface area contributed by atoms with E-state index in [1.165, 1.54) is 5.56 Å². The van der Waals surface area contributed by atoms with Crippen LogP contribution in [-0.2, 0) is 16.1 Å². The smallest absolute Gasteiger partial charge is 0.126 e. The zero-order chi connectivity index (χ0) is 19.5. The molecule has 0 aromatic heterocycles. The van der Waals surface area contributed by atoms with Gasteiger partial charge in [-0.05, 0) is 52.3 Å². The number of para-hydroxylation sites is 1. The lowest BCUT2D eigenvalue weighted by molar-refractivity contribution is -0.0152. The van der Waals surface area contributed by atoms with E-state index in [-0.39, 0.29) is 5.60 Å². The van der Waals surface area contributed by atoms with Crippen LogP contribution in [0, 0.1) is 6.92 Å². The Bertz CT molecular complexity index is 659. The van der Waals surface area contributed by atoms with Gasteiger partial charge in [0.2, 0.25) is 0 Å². The van der Waals surface area contributed by atoms with E-state index in [2.05, 4.69) is 27.7 Å². The van der Waals surface area contributed by atoms with Crippen molar-refractivity contribution < 1.29 is 18.9 Å². The highest BCUT2D eigenvalue weighted by Gasteiger charge is 2.09. The molecule has 0 fully saturated rings. The Labute approximate surface area is 163 Å². The monoisotopic (exact) mass is 372 g/mol. The molecule has 0 spiro atoms. The summed E-state index contributed by atoms with van der Waals surface area (Å²) in [4.78, 5) is 0. The highest BCUT2D eigenvalue weighted by atomic mass is 16.5. The Morgan fingerprint density at radius 2 is 1.52 bits per heavy atom. The summed E-state index contributed by atoms with van der Waals surface area (Å²) in [6.07, 6.45) is 0.887. The van der Waals surface area contributed by atoms with Crippen molar-refractivity contribution in [3.8, 4) is 11.5 Å². The Morgan fingerprint density at radius 3 is 2.26 bits per heavy atom. The van der Waals surface area contributed by atoms with Crippen molar-refractivity contribution in [3.05, 3.63) is 59.7 Å². The first-order valence-electron chi connectivity index (χ1n) is 9.56. The van der Waals surface area contributed by atoms with Gasteiger partial charge in [0.15, 0.2) is 0 Å². The van der Waals surface area contributed by atoms with Gasteiger partial charge >= 0.3 is 0 Å². The zero-order valence-corrected chi connectivity index (χ0v) is 17.0. The first kappa shape index (κ1) is 21.3. The Kier molecular flexibility index (Phi) is 8.62. The van der Waals surface area contributed by atoms with Crippen molar-refractivity contribution in [1.29, 1.82) is 0 Å². The van der Waals surface area contributed by atoms with Crippen LogP contribution >= 0.6 is 0 Å². The number of benzene rings is 2. The summed E-state index contributed by atoms with van der Waals surface area (Å²) in [5.74, 6) is 1.69. The van der Waals surface area contributed by atoms with Gasteiger partial charge in [-0.1, -0.05) is 35.9 Å². The lowest BCUT2D eigenvalue weighted by atomic mass is 10.2. The third kappa shape index (κ3) is 8.94. The maximum absolute atomic E-state index is 5.87. The molecule has 148 valence electrons. The molecule has 0 radical (unpaired) electrons. The van der Waals surface area contributed by atoms with Crippen molar-refractivity contribution in [2.75, 3.05) is 26.4 Å². The van der Waals surface area contributed by atoms with E-state index in [1.807, 2.05) is 48.5 Å². The molecule has 4 nitrogen and oxygen atoms in total. The van der Waals surface area contributed by atoms with Crippen LogP contribution in [0.5, 0.6) is 11.5 Å². The van der Waals surface area contributed by atoms with Crippen molar-refractivity contribution in [1.82, 2.24) is 0 Å². The van der Waals surface area contributed by atoms with Crippen LogP contribution in [0.1, 0.15) is 38.3 Å². The number of hydrogen-bond acceptors (Lipinski definition) is 4. The predicted octanol–water partition coefficient (Wildman–Crippen LogP) is 5.17. The van der Waals surface area contributed by atoms with Crippen molar-refractivity contribution >= 4 is 0 Å². The van der Waals surface area contributed by atoms with E-state index in [1.54, 1.807) is 0 Å². The average Bonchev–Trinajstić information content (AvgIpc) is 2.63. The Balaban J connectivity index is 1.67. The third-order valence-electron chi connectivity index (χ3n) is 3.84. The van der Waals surface area contributed by atoms with Gasteiger partial charge < -0.3 is 18.9 Å². The normalized spacial score (nSPS) is 11.4. The molecule has 0 unspecified atom stereocenters. The van der Waals surface area contributed by atoms with Gasteiger partial charge in [0, 0.05) is 18.8 Å². The number of rotatable bonds is 11. The highest BCUT2D eigenvalue weighted by Crippen LogP contribution is 2.21. The first-order valence-corrected chi connectivity index (χ1v) is 9.56. The van der Waals surface area contributed by atoms with E-state index >= 15 is 0 Å². The fourth-order valence-corrected chi connectivity index (χ4v) is 2.41. The van der Waals surface area contributed by atoms with E-state index < -0.39 is 0 Å². The molecule has 2 rings (SSSR count). The molecule has 0 saturated carbocycles. The SMILES string of the molecule is Cc1ccc(OCc2ccccc2OCCOCCCOC(C)(C)C)cc1. The predicted molar refractivity (Wildman–Crippen MR) is 109 cm³/mol. The van der Waals surface area contributed by atoms with Gasteiger partial charge in [0.25, 0.3) is 0 Å². The quantitative estimate of drug-likeness (QED) is 0.510. The average molecular weight is 373 g/mol. The zero-order valence-electron chi connectivity index (χ0n) is 17.0. The minimum Gasteiger partial charge on any atom is -0.491 e. The summed E-state index contributed by atoms with van der Waals surface area (Å²) in [7, 11) is 0. The second-order valence-electron chi connectivity index (χ2n) is 7.48. The minimum absolute atomic E-state index is 0.0898. The van der Waals surface area contributed by atoms with Crippen LogP contribution in [-0.4, -0.2) is 32.0 Å². The lowest BCUT2D eigenvalue weighted by Gasteiger charge is -2.19. The molecule has 0 aliphatic rings. The van der Waals surface area contributed by atoms with Gasteiger partial charge in [-0.2, -0.15) is 0 Å². The molecule has 0 aliphatic carbocycles. The van der Waals surface area contributed by atoms with E-state index in [4.69, 9.17) is 18.9 Å². The molecular weight excluding hydrogens is 340 g/mol. The van der Waals surface area contributed by atoms with Crippen molar-refractivity contribution in [2.45, 2.75) is 46.3 Å². The van der Waals surface area contributed by atoms with Crippen molar-refractivity contribution in [3.63, 3.8) is 0 Å². The number of aryl methyl sites for hydroxylation is 1. The van der Waals surface area contributed by atoms with Crippen LogP contribution in [0.15, 0.2) is 48.5 Å². The van der Waals surface area contributed by atoms with Gasteiger partial charge in [-0.3, -0.25) is 0 Å². The van der Waals surface area contributed by atoms with Crippen LogP contribution in [0.25, 0.3) is 0 Å². The highest BCUT2D eigenvalue weighted by molar-refractivity contribution is 5.34. The topological polar surface area (TPSA) is 36.9 Å². The van der Waals surface area contributed by atoms with Gasteiger partial charge in [0.1, 0.15) is 24.7 Å². The molecular formula is C23H32O4. The Morgan fingerprint density at radius 1 is 0.778 bits per heavy atom. The number of hydrogen-bond donors (Lipinski definition) is 0. The Hall–Kier alpha value is -2.04. The summed E-state index contributed by atoms with van der Waals surface area (Å²) >= 11 is 0. The standard InChI is InChI=1S/C23H32O4/c1-19-10-12-21(13-11-19)26-18-20-8-5-6-9-22(20)25-17-16-24-14-7-15-27-23(2,3)4/h5-6,8-13H,7,14-18H2,1-4H3. The molecule has 0 heterocycles. The van der Waals surface area contributed by atoms with Gasteiger partial charge in [0.05, 0.1) is 12.2 Å². The van der Waals surface area contributed by atoms with E-state index in [0.29, 0.717) is 33.0 Å². The lowest BCUT2D eigenvalue weighted by Crippen LogP contribution is -2.20. The summed E-state index contributed by atoms with van der Waals surface area (Å²) < 4.78 is 23.0. The van der Waals surface area contributed by atoms with Gasteiger partial charge in [-0.15, -0.1) is 0 Å². The molecule has 0 bridgehead atoms. The van der Waals surface area contributed by atoms with Crippen LogP contribution in [0.4, 0.5) is 0 Å². The molecule has 2 aromatic carbocycles. The second kappa shape index (κ2) is 11.0. The van der Waals surface area contributed by atoms with Crippen LogP contribution < -0.4 is 9.47 Å². The summed E-state index contributed by atoms with van der Waals surface area (Å²) in [6.45, 7) is 11.2. The molecule has 0 saturated heterocycles. The molecule has 0 atom stereocenters. The largest absolute Gasteiger partial charge is 0.491 e. The van der Waals surface area contributed by atoms with E-state index in [9.17, 15) is 0 Å². The fourth-order valence-electron chi connectivity index (χ4n) is 2.41. The number of ether oxygens (including phenoxy) is 4. The van der Waals surface area contributed by atoms with Crippen molar-refractivity contribution in [2.24, 2.45) is 0 Å². The summed E-state index contributed by atoms with van der Waals surface area (Å²) in [5, 5.41) is 0. The molecule has 0 N–H and O–H groups in total. The molecule has 2 aromatic rings. The second-order valence-corrected chi connectivity index (χ2v) is 7.48. The first-order chi connectivity index (χ1) is 12.9. The maximum Gasteiger partial charge on any atom is 0.126 e. The molecule has 0 aliphatic heterocycles. The molecule has 4 heteroatoms. The minimum atomic E-state index is -0.0898. The maximum atomic E-state index is 5.87. The molecule has 0 amide bonds.